The molecule has 0 aliphatic heterocycles. The van der Waals surface area contributed by atoms with Gasteiger partial charge in [-0.3, -0.25) is 4.79 Å². The van der Waals surface area contributed by atoms with E-state index in [-0.39, 0.29) is 0 Å². The van der Waals surface area contributed by atoms with Gasteiger partial charge in [0.1, 0.15) is 6.61 Å². The molecule has 0 saturated carbocycles. The molecule has 0 heterocycles. The lowest BCUT2D eigenvalue weighted by atomic mass is 10.1. The molecule has 0 atom stereocenters. The molecule has 4 N–H and O–H groups in total. The summed E-state index contributed by atoms with van der Waals surface area (Å²) in [5.41, 5.74) is 12.8. The highest BCUT2D eigenvalue weighted by molar-refractivity contribution is 5.92. The van der Waals surface area contributed by atoms with E-state index in [0.29, 0.717) is 29.4 Å². The van der Waals surface area contributed by atoms with Gasteiger partial charge in [0.25, 0.3) is 0 Å². The van der Waals surface area contributed by atoms with Crippen LogP contribution in [-0.2, 0) is 6.61 Å². The van der Waals surface area contributed by atoms with Crippen molar-refractivity contribution in [3.63, 3.8) is 0 Å². The second-order valence-electron chi connectivity index (χ2n) is 4.26. The van der Waals surface area contributed by atoms with Crippen LogP contribution in [0.5, 0.6) is 11.5 Å². The zero-order valence-corrected chi connectivity index (χ0v) is 11.1. The number of carbonyl (C=O) groups excluding carboxylic acids is 1. The Hall–Kier alpha value is -2.69. The Morgan fingerprint density at radius 2 is 1.95 bits per heavy atom. The van der Waals surface area contributed by atoms with Crippen molar-refractivity contribution in [1.82, 2.24) is 0 Å². The van der Waals surface area contributed by atoms with Crippen molar-refractivity contribution >= 4 is 11.6 Å². The molecule has 2 aromatic carbocycles. The van der Waals surface area contributed by atoms with Gasteiger partial charge in [-0.1, -0.05) is 12.1 Å². The van der Waals surface area contributed by atoms with E-state index in [4.69, 9.17) is 20.9 Å². The van der Waals surface area contributed by atoms with Crippen molar-refractivity contribution in [1.29, 1.82) is 0 Å². The number of ether oxygens (including phenoxy) is 2. The van der Waals surface area contributed by atoms with Crippen molar-refractivity contribution in [3.8, 4) is 11.5 Å². The maximum atomic E-state index is 11.1. The fourth-order valence-electron chi connectivity index (χ4n) is 1.78. The predicted molar refractivity (Wildman–Crippen MR) is 76.7 cm³/mol. The van der Waals surface area contributed by atoms with Crippen molar-refractivity contribution in [2.45, 2.75) is 6.61 Å². The summed E-state index contributed by atoms with van der Waals surface area (Å²) < 4.78 is 10.9. The third kappa shape index (κ3) is 3.20. The summed E-state index contributed by atoms with van der Waals surface area (Å²) >= 11 is 0. The molecule has 0 bridgehead atoms. The highest BCUT2D eigenvalue weighted by atomic mass is 16.5. The lowest BCUT2D eigenvalue weighted by Crippen LogP contribution is -2.11. The zero-order valence-electron chi connectivity index (χ0n) is 11.1. The molecule has 2 rings (SSSR count). The molecule has 20 heavy (non-hydrogen) atoms. The molecule has 0 aromatic heterocycles. The molecule has 104 valence electrons. The molecule has 0 aliphatic rings. The van der Waals surface area contributed by atoms with Crippen molar-refractivity contribution in [2.75, 3.05) is 12.8 Å². The Labute approximate surface area is 117 Å². The van der Waals surface area contributed by atoms with Crippen LogP contribution in [0, 0.1) is 0 Å². The standard InChI is InChI=1S/C15H16N2O3/c1-19-13-6-5-12(16)8-14(13)20-9-10-3-2-4-11(7-10)15(17)18/h2-8H,9,16H2,1H3,(H2,17,18). The highest BCUT2D eigenvalue weighted by Gasteiger charge is 2.06. The number of primary amides is 1. The highest BCUT2D eigenvalue weighted by Crippen LogP contribution is 2.29. The van der Waals surface area contributed by atoms with E-state index in [0.717, 1.165) is 5.56 Å². The molecule has 2 aromatic rings. The van der Waals surface area contributed by atoms with E-state index in [2.05, 4.69) is 0 Å². The van der Waals surface area contributed by atoms with Gasteiger partial charge in [-0.15, -0.1) is 0 Å². The molecule has 0 fully saturated rings. The van der Waals surface area contributed by atoms with Crippen molar-refractivity contribution in [3.05, 3.63) is 53.6 Å². The summed E-state index contributed by atoms with van der Waals surface area (Å²) in [6.07, 6.45) is 0. The molecule has 5 heteroatoms. The van der Waals surface area contributed by atoms with Crippen LogP contribution in [0.2, 0.25) is 0 Å². The number of carbonyl (C=O) groups is 1. The molecule has 0 aliphatic carbocycles. The van der Waals surface area contributed by atoms with Crippen LogP contribution in [0.4, 0.5) is 5.69 Å². The minimum Gasteiger partial charge on any atom is -0.493 e. The van der Waals surface area contributed by atoms with Gasteiger partial charge in [-0.2, -0.15) is 0 Å². The fourth-order valence-corrected chi connectivity index (χ4v) is 1.78. The number of benzene rings is 2. The van der Waals surface area contributed by atoms with E-state index in [1.54, 1.807) is 43.5 Å². The van der Waals surface area contributed by atoms with Gasteiger partial charge in [0, 0.05) is 17.3 Å². The normalized spacial score (nSPS) is 10.1. The van der Waals surface area contributed by atoms with E-state index in [9.17, 15) is 4.79 Å². The van der Waals surface area contributed by atoms with Gasteiger partial charge in [-0.25, -0.2) is 0 Å². The molecule has 1 amide bonds. The summed E-state index contributed by atoms with van der Waals surface area (Å²) in [6, 6.07) is 12.1. The maximum Gasteiger partial charge on any atom is 0.248 e. The lowest BCUT2D eigenvalue weighted by Gasteiger charge is -2.11. The summed E-state index contributed by atoms with van der Waals surface area (Å²) in [5, 5.41) is 0. The summed E-state index contributed by atoms with van der Waals surface area (Å²) in [6.45, 7) is 0.293. The maximum absolute atomic E-state index is 11.1. The molecule has 0 spiro atoms. The quantitative estimate of drug-likeness (QED) is 0.814. The van der Waals surface area contributed by atoms with E-state index in [1.165, 1.54) is 0 Å². The average molecular weight is 272 g/mol. The van der Waals surface area contributed by atoms with Crippen LogP contribution >= 0.6 is 0 Å². The molecule has 0 saturated heterocycles. The van der Waals surface area contributed by atoms with Crippen LogP contribution in [0.15, 0.2) is 42.5 Å². The first kappa shape index (κ1) is 13.7. The Balaban J connectivity index is 2.14. The number of hydrogen-bond donors (Lipinski definition) is 2. The van der Waals surface area contributed by atoms with Crippen molar-refractivity contribution < 1.29 is 14.3 Å². The number of amides is 1. The van der Waals surface area contributed by atoms with Crippen LogP contribution in [0.3, 0.4) is 0 Å². The van der Waals surface area contributed by atoms with Gasteiger partial charge in [0.2, 0.25) is 5.91 Å². The van der Waals surface area contributed by atoms with Crippen LogP contribution < -0.4 is 20.9 Å². The molecule has 0 unspecified atom stereocenters. The van der Waals surface area contributed by atoms with E-state index >= 15 is 0 Å². The third-order valence-corrected chi connectivity index (χ3v) is 2.79. The first-order chi connectivity index (χ1) is 9.60. The summed E-state index contributed by atoms with van der Waals surface area (Å²) in [4.78, 5) is 11.1. The number of anilines is 1. The Morgan fingerprint density at radius 1 is 1.15 bits per heavy atom. The smallest absolute Gasteiger partial charge is 0.248 e. The van der Waals surface area contributed by atoms with Crippen LogP contribution in [-0.4, -0.2) is 13.0 Å². The lowest BCUT2D eigenvalue weighted by molar-refractivity contribution is 0.1000. The average Bonchev–Trinajstić information content (AvgIpc) is 2.45. The molecule has 0 radical (unpaired) electrons. The largest absolute Gasteiger partial charge is 0.493 e. The summed E-state index contributed by atoms with van der Waals surface area (Å²) in [7, 11) is 1.56. The topological polar surface area (TPSA) is 87.6 Å². The summed E-state index contributed by atoms with van der Waals surface area (Å²) in [5.74, 6) is 0.690. The molecular formula is C15H16N2O3. The van der Waals surface area contributed by atoms with E-state index in [1.807, 2.05) is 6.07 Å². The minimum absolute atomic E-state index is 0.293. The van der Waals surface area contributed by atoms with E-state index < -0.39 is 5.91 Å². The second kappa shape index (κ2) is 5.97. The second-order valence-corrected chi connectivity index (χ2v) is 4.26. The zero-order chi connectivity index (χ0) is 14.5. The van der Waals surface area contributed by atoms with Gasteiger partial charge < -0.3 is 20.9 Å². The van der Waals surface area contributed by atoms with Gasteiger partial charge in [0.05, 0.1) is 7.11 Å². The molecular weight excluding hydrogens is 256 g/mol. The van der Waals surface area contributed by atoms with Gasteiger partial charge >= 0.3 is 0 Å². The SMILES string of the molecule is COc1ccc(N)cc1OCc1cccc(C(N)=O)c1. The number of rotatable bonds is 5. The Morgan fingerprint density at radius 3 is 2.65 bits per heavy atom. The monoisotopic (exact) mass is 272 g/mol. The number of methoxy groups -OCH3 is 1. The minimum atomic E-state index is -0.464. The van der Waals surface area contributed by atoms with Gasteiger partial charge in [-0.05, 0) is 29.8 Å². The first-order valence-electron chi connectivity index (χ1n) is 6.05. The van der Waals surface area contributed by atoms with Crippen LogP contribution in [0.25, 0.3) is 0 Å². The number of nitrogens with two attached hydrogens (primary N) is 2. The van der Waals surface area contributed by atoms with Crippen LogP contribution in [0.1, 0.15) is 15.9 Å². The number of hydrogen-bond acceptors (Lipinski definition) is 4. The van der Waals surface area contributed by atoms with Crippen molar-refractivity contribution in [2.24, 2.45) is 5.73 Å². The molecule has 5 nitrogen and oxygen atoms in total. The predicted octanol–water partition coefficient (Wildman–Crippen LogP) is 1.96. The third-order valence-electron chi connectivity index (χ3n) is 2.79. The first-order valence-corrected chi connectivity index (χ1v) is 6.05. The van der Waals surface area contributed by atoms with Gasteiger partial charge in [0.15, 0.2) is 11.5 Å². The Bertz CT molecular complexity index is 626. The fraction of sp³-hybridized carbons (Fsp3) is 0.133. The Kier molecular flexibility index (Phi) is 4.10. The number of nitrogen functional groups attached to an aromatic ring is 1.